The van der Waals surface area contributed by atoms with Gasteiger partial charge in [-0.25, -0.2) is 14.2 Å². The van der Waals surface area contributed by atoms with Gasteiger partial charge in [-0.2, -0.15) is 0 Å². The van der Waals surface area contributed by atoms with Crippen molar-refractivity contribution in [1.29, 1.82) is 0 Å². The highest BCUT2D eigenvalue weighted by Gasteiger charge is 2.35. The molecule has 4 aromatic carbocycles. The normalized spacial score (nSPS) is 14.6. The van der Waals surface area contributed by atoms with Crippen LogP contribution in [0.1, 0.15) is 35.2 Å². The molecule has 1 aliphatic heterocycles. The number of hydrogen-bond donors (Lipinski definition) is 0. The van der Waals surface area contributed by atoms with Gasteiger partial charge in [0.25, 0.3) is 5.56 Å². The highest BCUT2D eigenvalue weighted by Crippen LogP contribution is 2.35. The Labute approximate surface area is 261 Å². The molecule has 6 rings (SSSR count). The van der Waals surface area contributed by atoms with E-state index < -0.39 is 12.0 Å². The minimum Gasteiger partial charge on any atom is -0.488 e. The van der Waals surface area contributed by atoms with E-state index in [1.165, 1.54) is 23.5 Å². The third kappa shape index (κ3) is 6.00. The third-order valence-corrected chi connectivity index (χ3v) is 8.31. The number of carbonyl (C=O) groups is 1. The number of benzene rings is 4. The Hall–Kier alpha value is -4.79. The zero-order chi connectivity index (χ0) is 30.6. The lowest BCUT2D eigenvalue weighted by Gasteiger charge is -2.25. The Balaban J connectivity index is 1.51. The Morgan fingerprint density at radius 2 is 1.68 bits per heavy atom. The van der Waals surface area contributed by atoms with Crippen LogP contribution >= 0.6 is 22.9 Å². The smallest absolute Gasteiger partial charge is 0.338 e. The quantitative estimate of drug-likeness (QED) is 0.190. The molecule has 1 aliphatic rings. The summed E-state index contributed by atoms with van der Waals surface area (Å²) in [7, 11) is 0. The van der Waals surface area contributed by atoms with E-state index in [1.54, 1.807) is 54.0 Å². The van der Waals surface area contributed by atoms with Crippen LogP contribution in [0.25, 0.3) is 11.8 Å². The molecule has 2 heterocycles. The molecule has 1 atom stereocenters. The van der Waals surface area contributed by atoms with Crippen LogP contribution in [0.4, 0.5) is 4.39 Å². The average molecular weight is 625 g/mol. The highest BCUT2D eigenvalue weighted by atomic mass is 35.5. The fourth-order valence-electron chi connectivity index (χ4n) is 5.02. The molecular weight excluding hydrogens is 599 g/mol. The summed E-state index contributed by atoms with van der Waals surface area (Å²) < 4.78 is 26.9. The lowest BCUT2D eigenvalue weighted by Crippen LogP contribution is -2.40. The molecule has 220 valence electrons. The summed E-state index contributed by atoms with van der Waals surface area (Å²) in [5, 5.41) is 0.531. The molecule has 44 heavy (non-hydrogen) atoms. The molecule has 0 bridgehead atoms. The number of hydrogen-bond acceptors (Lipinski definition) is 6. The zero-order valence-electron chi connectivity index (χ0n) is 23.6. The first-order chi connectivity index (χ1) is 21.4. The van der Waals surface area contributed by atoms with Gasteiger partial charge in [-0.3, -0.25) is 9.36 Å². The fourth-order valence-corrected chi connectivity index (χ4v) is 6.13. The van der Waals surface area contributed by atoms with Crippen molar-refractivity contribution in [2.24, 2.45) is 4.99 Å². The largest absolute Gasteiger partial charge is 0.488 e. The van der Waals surface area contributed by atoms with Crippen molar-refractivity contribution in [2.45, 2.75) is 19.6 Å². The number of esters is 1. The van der Waals surface area contributed by atoms with Crippen molar-refractivity contribution in [1.82, 2.24) is 4.57 Å². The Bertz CT molecular complexity index is 2040. The van der Waals surface area contributed by atoms with Crippen LogP contribution in [-0.4, -0.2) is 17.1 Å². The van der Waals surface area contributed by atoms with E-state index in [1.807, 2.05) is 54.6 Å². The Kier molecular flexibility index (Phi) is 8.54. The maximum atomic E-state index is 14.2. The van der Waals surface area contributed by atoms with Crippen LogP contribution in [0, 0.1) is 5.82 Å². The molecule has 0 unspecified atom stereocenters. The third-order valence-electron chi connectivity index (χ3n) is 7.07. The summed E-state index contributed by atoms with van der Waals surface area (Å²) in [6, 6.07) is 29.1. The minimum absolute atomic E-state index is 0.164. The number of carbonyl (C=O) groups excluding carboxylic acids is 1. The van der Waals surface area contributed by atoms with E-state index in [4.69, 9.17) is 26.1 Å². The highest BCUT2D eigenvalue weighted by molar-refractivity contribution is 7.07. The number of halogens is 2. The van der Waals surface area contributed by atoms with Gasteiger partial charge in [0.2, 0.25) is 0 Å². The number of para-hydroxylation sites is 1. The fraction of sp³-hybridized carbons (Fsp3) is 0.114. The van der Waals surface area contributed by atoms with Crippen LogP contribution in [0.2, 0.25) is 5.02 Å². The first kappa shape index (κ1) is 29.3. The summed E-state index contributed by atoms with van der Waals surface area (Å²) >= 11 is 7.44. The molecule has 6 nitrogen and oxygen atoms in total. The van der Waals surface area contributed by atoms with Gasteiger partial charge in [-0.15, -0.1) is 0 Å². The summed E-state index contributed by atoms with van der Waals surface area (Å²) in [6.07, 6.45) is 1.76. The molecule has 0 spiro atoms. The van der Waals surface area contributed by atoms with Gasteiger partial charge < -0.3 is 9.47 Å². The number of nitrogens with zero attached hydrogens (tertiary/aromatic N) is 2. The molecule has 0 fully saturated rings. The van der Waals surface area contributed by atoms with Crippen LogP contribution in [-0.2, 0) is 16.1 Å². The summed E-state index contributed by atoms with van der Waals surface area (Å²) in [4.78, 5) is 33.1. The first-order valence-electron chi connectivity index (χ1n) is 13.9. The lowest BCUT2D eigenvalue weighted by atomic mass is 9.93. The van der Waals surface area contributed by atoms with E-state index in [2.05, 4.69) is 0 Å². The van der Waals surface area contributed by atoms with Gasteiger partial charge in [-0.1, -0.05) is 95.7 Å². The Morgan fingerprint density at radius 3 is 2.41 bits per heavy atom. The number of rotatable bonds is 8. The second kappa shape index (κ2) is 12.8. The monoisotopic (exact) mass is 624 g/mol. The van der Waals surface area contributed by atoms with Gasteiger partial charge in [0.05, 0.1) is 28.5 Å². The number of fused-ring (bicyclic) bond motifs is 1. The summed E-state index contributed by atoms with van der Waals surface area (Å²) in [5.41, 5.74) is 3.32. The average Bonchev–Trinajstić information content (AvgIpc) is 3.35. The van der Waals surface area contributed by atoms with E-state index in [0.29, 0.717) is 36.9 Å². The van der Waals surface area contributed by atoms with Gasteiger partial charge in [0, 0.05) is 16.1 Å². The SMILES string of the molecule is CCOC(=O)C1=C(c2ccccc2)N=c2s/c(=C\c3ccccc3OCc3ccc(F)cc3)c(=O)n2[C@@H]1c1ccc(Cl)cc1. The zero-order valence-corrected chi connectivity index (χ0v) is 25.1. The molecule has 0 saturated carbocycles. The molecule has 0 N–H and O–H groups in total. The van der Waals surface area contributed by atoms with E-state index in [-0.39, 0.29) is 30.2 Å². The van der Waals surface area contributed by atoms with Crippen molar-refractivity contribution in [3.63, 3.8) is 0 Å². The van der Waals surface area contributed by atoms with Crippen LogP contribution in [0.15, 0.2) is 118 Å². The second-order valence-electron chi connectivity index (χ2n) is 9.94. The molecular formula is C35H26ClFN2O4S. The van der Waals surface area contributed by atoms with Gasteiger partial charge in [0.1, 0.15) is 18.2 Å². The summed E-state index contributed by atoms with van der Waals surface area (Å²) in [6.45, 7) is 2.13. The van der Waals surface area contributed by atoms with Gasteiger partial charge >= 0.3 is 5.97 Å². The number of ether oxygens (including phenoxy) is 2. The van der Waals surface area contributed by atoms with Gasteiger partial charge in [0.15, 0.2) is 4.80 Å². The maximum absolute atomic E-state index is 14.2. The molecule has 1 aromatic heterocycles. The minimum atomic E-state index is -0.801. The van der Waals surface area contributed by atoms with Crippen LogP contribution < -0.4 is 19.6 Å². The lowest BCUT2D eigenvalue weighted by molar-refractivity contribution is -0.138. The van der Waals surface area contributed by atoms with E-state index in [0.717, 1.165) is 11.1 Å². The molecule has 0 radical (unpaired) electrons. The van der Waals surface area contributed by atoms with E-state index >= 15 is 0 Å². The molecule has 0 amide bonds. The predicted molar refractivity (Wildman–Crippen MR) is 170 cm³/mol. The van der Waals surface area contributed by atoms with Crippen molar-refractivity contribution in [2.75, 3.05) is 6.61 Å². The van der Waals surface area contributed by atoms with Crippen molar-refractivity contribution in [3.05, 3.63) is 161 Å². The van der Waals surface area contributed by atoms with Crippen molar-refractivity contribution >= 4 is 40.7 Å². The van der Waals surface area contributed by atoms with Crippen LogP contribution in [0.5, 0.6) is 5.75 Å². The summed E-state index contributed by atoms with van der Waals surface area (Å²) in [5.74, 6) is -0.305. The Morgan fingerprint density at radius 1 is 0.977 bits per heavy atom. The van der Waals surface area contributed by atoms with Gasteiger partial charge in [-0.05, 0) is 54.5 Å². The van der Waals surface area contributed by atoms with E-state index in [9.17, 15) is 14.0 Å². The number of thiazole rings is 1. The van der Waals surface area contributed by atoms with Crippen molar-refractivity contribution < 1.29 is 18.7 Å². The molecule has 9 heteroatoms. The van der Waals surface area contributed by atoms with Crippen molar-refractivity contribution in [3.8, 4) is 5.75 Å². The maximum Gasteiger partial charge on any atom is 0.338 e. The molecule has 5 aromatic rings. The molecule has 0 saturated heterocycles. The second-order valence-corrected chi connectivity index (χ2v) is 11.4. The van der Waals surface area contributed by atoms with Crippen LogP contribution in [0.3, 0.4) is 0 Å². The predicted octanol–water partition coefficient (Wildman–Crippen LogP) is 6.31. The standard InChI is InChI=1S/C35H26ClFN2O4S/c1-2-42-34(41)30-31(23-8-4-3-5-9-23)38-35-39(32(30)24-14-16-26(36)17-15-24)33(40)29(44-35)20-25-10-6-7-11-28(25)43-21-22-12-18-27(37)19-13-22/h3-20,32H,2,21H2,1H3/b29-20-/t32-/m1/s1. The number of aromatic nitrogens is 1. The topological polar surface area (TPSA) is 69.9 Å². The first-order valence-corrected chi connectivity index (χ1v) is 15.1. The molecule has 0 aliphatic carbocycles.